The zero-order valence-electron chi connectivity index (χ0n) is 9.84. The van der Waals surface area contributed by atoms with Gasteiger partial charge in [0.25, 0.3) is 0 Å². The van der Waals surface area contributed by atoms with Crippen molar-refractivity contribution in [1.29, 1.82) is 0 Å². The molecule has 5 heteroatoms. The van der Waals surface area contributed by atoms with Gasteiger partial charge in [0.15, 0.2) is 0 Å². The van der Waals surface area contributed by atoms with Crippen molar-refractivity contribution in [3.63, 3.8) is 0 Å². The summed E-state index contributed by atoms with van der Waals surface area (Å²) < 4.78 is 10.4. The highest BCUT2D eigenvalue weighted by Crippen LogP contribution is 2.41. The second-order valence-corrected chi connectivity index (χ2v) is 5.53. The fourth-order valence-corrected chi connectivity index (χ4v) is 3.22. The zero-order chi connectivity index (χ0) is 13.3. The summed E-state index contributed by atoms with van der Waals surface area (Å²) in [7, 11) is 1.56. The van der Waals surface area contributed by atoms with E-state index in [9.17, 15) is 0 Å². The molecule has 0 saturated carbocycles. The number of hydrogen-bond acceptors (Lipinski definition) is 2. The highest BCUT2D eigenvalue weighted by molar-refractivity contribution is 9.09. The molecule has 1 aromatic carbocycles. The quantitative estimate of drug-likeness (QED) is 0.693. The van der Waals surface area contributed by atoms with Crippen molar-refractivity contribution in [2.75, 3.05) is 7.11 Å². The van der Waals surface area contributed by atoms with E-state index in [4.69, 9.17) is 32.4 Å². The Bertz CT molecular complexity index is 566. The van der Waals surface area contributed by atoms with Gasteiger partial charge in [0.2, 0.25) is 0 Å². The molecule has 0 aliphatic heterocycles. The molecule has 1 aromatic heterocycles. The van der Waals surface area contributed by atoms with E-state index in [1.54, 1.807) is 25.5 Å². The van der Waals surface area contributed by atoms with Gasteiger partial charge in [-0.15, -0.1) is 0 Å². The average Bonchev–Trinajstić information content (AvgIpc) is 2.77. The van der Waals surface area contributed by atoms with Crippen LogP contribution in [0.1, 0.15) is 21.7 Å². The molecule has 96 valence electrons. The normalized spacial score (nSPS) is 12.5. The molecule has 1 atom stereocenters. The van der Waals surface area contributed by atoms with E-state index in [0.29, 0.717) is 15.8 Å². The predicted molar refractivity (Wildman–Crippen MR) is 77.2 cm³/mol. The van der Waals surface area contributed by atoms with Gasteiger partial charge in [-0.25, -0.2) is 0 Å². The number of benzene rings is 1. The predicted octanol–water partition coefficient (Wildman–Crippen LogP) is 5.39. The van der Waals surface area contributed by atoms with E-state index in [2.05, 4.69) is 15.9 Å². The second kappa shape index (κ2) is 5.55. The summed E-state index contributed by atoms with van der Waals surface area (Å²) in [4.78, 5) is -0.0628. The number of methoxy groups -OCH3 is 1. The molecule has 2 nitrogen and oxygen atoms in total. The first kappa shape index (κ1) is 13.8. The molecule has 0 aliphatic rings. The van der Waals surface area contributed by atoms with Crippen LogP contribution in [0.25, 0.3) is 0 Å². The highest BCUT2D eigenvalue weighted by Gasteiger charge is 2.19. The summed E-state index contributed by atoms with van der Waals surface area (Å²) in [5.41, 5.74) is 1.91. The van der Waals surface area contributed by atoms with Crippen LogP contribution in [0.5, 0.6) is 5.75 Å². The third-order valence-electron chi connectivity index (χ3n) is 2.72. The van der Waals surface area contributed by atoms with Crippen LogP contribution in [-0.2, 0) is 0 Å². The van der Waals surface area contributed by atoms with Crippen LogP contribution in [0.4, 0.5) is 0 Å². The third-order valence-corrected chi connectivity index (χ3v) is 4.33. The van der Waals surface area contributed by atoms with E-state index in [0.717, 1.165) is 16.9 Å². The molecule has 0 amide bonds. The highest BCUT2D eigenvalue weighted by atomic mass is 79.9. The molecule has 2 aromatic rings. The third kappa shape index (κ3) is 2.53. The number of ether oxygens (including phenoxy) is 1. The van der Waals surface area contributed by atoms with Gasteiger partial charge < -0.3 is 9.15 Å². The van der Waals surface area contributed by atoms with E-state index in [1.165, 1.54) is 0 Å². The summed E-state index contributed by atoms with van der Waals surface area (Å²) in [6.07, 6.45) is 1.65. The van der Waals surface area contributed by atoms with Crippen LogP contribution in [0.15, 0.2) is 28.9 Å². The fraction of sp³-hybridized carbons (Fsp3) is 0.231. The van der Waals surface area contributed by atoms with Crippen molar-refractivity contribution in [2.45, 2.75) is 11.8 Å². The van der Waals surface area contributed by atoms with E-state index < -0.39 is 0 Å². The van der Waals surface area contributed by atoms with Gasteiger partial charge in [0.05, 0.1) is 23.2 Å². The fourth-order valence-electron chi connectivity index (χ4n) is 1.72. The Morgan fingerprint density at radius 3 is 2.50 bits per heavy atom. The molecule has 0 fully saturated rings. The molecule has 0 radical (unpaired) electrons. The van der Waals surface area contributed by atoms with Crippen molar-refractivity contribution in [2.24, 2.45) is 0 Å². The van der Waals surface area contributed by atoms with Gasteiger partial charge in [0, 0.05) is 16.7 Å². The SMILES string of the molecule is COc1cc(Cl)c(C(Br)c2ccoc2C)cc1Cl. The van der Waals surface area contributed by atoms with Gasteiger partial charge in [-0.2, -0.15) is 0 Å². The summed E-state index contributed by atoms with van der Waals surface area (Å²) in [5.74, 6) is 1.41. The molecular weight excluding hydrogens is 339 g/mol. The van der Waals surface area contributed by atoms with Gasteiger partial charge >= 0.3 is 0 Å². The first-order valence-electron chi connectivity index (χ1n) is 5.25. The van der Waals surface area contributed by atoms with Crippen LogP contribution < -0.4 is 4.74 Å². The Hall–Kier alpha value is -0.640. The van der Waals surface area contributed by atoms with Crippen LogP contribution in [0, 0.1) is 6.92 Å². The molecule has 0 N–H and O–H groups in total. The van der Waals surface area contributed by atoms with Crippen molar-refractivity contribution < 1.29 is 9.15 Å². The number of alkyl halides is 1. The molecule has 1 unspecified atom stereocenters. The number of furan rings is 1. The maximum Gasteiger partial charge on any atom is 0.138 e. The Labute approximate surface area is 124 Å². The molecule has 1 heterocycles. The maximum absolute atomic E-state index is 6.24. The smallest absolute Gasteiger partial charge is 0.138 e. The van der Waals surface area contributed by atoms with Crippen molar-refractivity contribution in [3.05, 3.63) is 51.4 Å². The first-order valence-corrected chi connectivity index (χ1v) is 6.92. The molecule has 18 heavy (non-hydrogen) atoms. The maximum atomic E-state index is 6.24. The lowest BCUT2D eigenvalue weighted by Crippen LogP contribution is -1.96. The van der Waals surface area contributed by atoms with E-state index in [-0.39, 0.29) is 4.83 Å². The molecule has 0 saturated heterocycles. The van der Waals surface area contributed by atoms with E-state index >= 15 is 0 Å². The first-order chi connectivity index (χ1) is 8.54. The largest absolute Gasteiger partial charge is 0.495 e. The van der Waals surface area contributed by atoms with Crippen LogP contribution >= 0.6 is 39.1 Å². The molecule has 2 rings (SSSR count). The van der Waals surface area contributed by atoms with E-state index in [1.807, 2.05) is 13.0 Å². The standard InChI is InChI=1S/C13H11BrCl2O2/c1-7-8(3-4-18-7)13(14)9-5-11(16)12(17-2)6-10(9)15/h3-6,13H,1-2H3. The number of aryl methyl sites for hydroxylation is 1. The topological polar surface area (TPSA) is 22.4 Å². The van der Waals surface area contributed by atoms with Gasteiger partial charge in [-0.1, -0.05) is 39.1 Å². The summed E-state index contributed by atoms with van der Waals surface area (Å²) in [6.45, 7) is 1.91. The molecule has 0 spiro atoms. The molecule has 0 aliphatic carbocycles. The Morgan fingerprint density at radius 1 is 1.22 bits per heavy atom. The minimum atomic E-state index is -0.0628. The number of hydrogen-bond donors (Lipinski definition) is 0. The van der Waals surface area contributed by atoms with Gasteiger partial charge in [-0.05, 0) is 24.6 Å². The molecular formula is C13H11BrCl2O2. The minimum absolute atomic E-state index is 0.0628. The van der Waals surface area contributed by atoms with Gasteiger partial charge in [-0.3, -0.25) is 0 Å². The van der Waals surface area contributed by atoms with Crippen molar-refractivity contribution in [3.8, 4) is 5.75 Å². The lowest BCUT2D eigenvalue weighted by atomic mass is 10.1. The van der Waals surface area contributed by atoms with Crippen molar-refractivity contribution in [1.82, 2.24) is 0 Å². The van der Waals surface area contributed by atoms with Crippen molar-refractivity contribution >= 4 is 39.1 Å². The Balaban J connectivity index is 2.46. The van der Waals surface area contributed by atoms with Gasteiger partial charge in [0.1, 0.15) is 11.5 Å². The Morgan fingerprint density at radius 2 is 1.94 bits per heavy atom. The minimum Gasteiger partial charge on any atom is -0.495 e. The monoisotopic (exact) mass is 348 g/mol. The van der Waals surface area contributed by atoms with Crippen LogP contribution in [0.2, 0.25) is 10.0 Å². The van der Waals surface area contributed by atoms with Crippen LogP contribution in [0.3, 0.4) is 0 Å². The molecule has 0 bridgehead atoms. The number of rotatable bonds is 3. The lowest BCUT2D eigenvalue weighted by Gasteiger charge is -2.13. The lowest BCUT2D eigenvalue weighted by molar-refractivity contribution is 0.415. The Kier molecular flexibility index (Phi) is 4.25. The van der Waals surface area contributed by atoms with Crippen LogP contribution in [-0.4, -0.2) is 7.11 Å². The summed E-state index contributed by atoms with van der Waals surface area (Å²) in [5, 5.41) is 1.13. The zero-order valence-corrected chi connectivity index (χ0v) is 12.9. The second-order valence-electron chi connectivity index (χ2n) is 3.80. The summed E-state index contributed by atoms with van der Waals surface area (Å²) >= 11 is 16.0. The number of halogens is 3. The average molecular weight is 350 g/mol. The summed E-state index contributed by atoms with van der Waals surface area (Å²) in [6, 6.07) is 5.42.